The van der Waals surface area contributed by atoms with E-state index >= 15 is 0 Å². The molecule has 0 aliphatic heterocycles. The molecule has 0 fully saturated rings. The van der Waals surface area contributed by atoms with Crippen LogP contribution in [0.3, 0.4) is 0 Å². The Morgan fingerprint density at radius 2 is 2.00 bits per heavy atom. The van der Waals surface area contributed by atoms with Gasteiger partial charge in [0, 0.05) is 23.8 Å². The van der Waals surface area contributed by atoms with Gasteiger partial charge in [0.1, 0.15) is 5.82 Å². The SMILES string of the molecule is COCCN(CCC(=O)OC)C(=O)c1cc(F)ccc1I. The number of methoxy groups -OCH3 is 2. The van der Waals surface area contributed by atoms with E-state index in [4.69, 9.17) is 4.74 Å². The monoisotopic (exact) mass is 409 g/mol. The van der Waals surface area contributed by atoms with Gasteiger partial charge >= 0.3 is 5.97 Å². The molecule has 1 amide bonds. The molecule has 0 aliphatic carbocycles. The van der Waals surface area contributed by atoms with Crippen LogP contribution in [0.2, 0.25) is 0 Å². The maximum atomic E-state index is 13.3. The fourth-order valence-corrected chi connectivity index (χ4v) is 2.24. The lowest BCUT2D eigenvalue weighted by Crippen LogP contribution is -2.36. The van der Waals surface area contributed by atoms with Crippen LogP contribution in [0.1, 0.15) is 16.8 Å². The number of carbonyl (C=O) groups excluding carboxylic acids is 2. The molecule has 1 aromatic rings. The van der Waals surface area contributed by atoms with Crippen molar-refractivity contribution in [3.8, 4) is 0 Å². The second-order valence-corrected chi connectivity index (χ2v) is 5.40. The Bertz CT molecular complexity index is 510. The molecular formula is C14H17FINO4. The van der Waals surface area contributed by atoms with Crippen molar-refractivity contribution in [3.05, 3.63) is 33.1 Å². The second kappa shape index (κ2) is 8.93. The highest BCUT2D eigenvalue weighted by Gasteiger charge is 2.19. The number of nitrogens with zero attached hydrogens (tertiary/aromatic N) is 1. The van der Waals surface area contributed by atoms with Crippen LogP contribution in [0, 0.1) is 9.39 Å². The lowest BCUT2D eigenvalue weighted by atomic mass is 10.2. The molecule has 0 unspecified atom stereocenters. The third-order valence-corrected chi connectivity index (χ3v) is 3.77. The van der Waals surface area contributed by atoms with E-state index in [1.165, 1.54) is 37.3 Å². The molecule has 1 rings (SSSR count). The van der Waals surface area contributed by atoms with Crippen LogP contribution >= 0.6 is 22.6 Å². The first kappa shape index (κ1) is 17.8. The first-order valence-electron chi connectivity index (χ1n) is 6.29. The van der Waals surface area contributed by atoms with Gasteiger partial charge in [-0.3, -0.25) is 9.59 Å². The number of esters is 1. The van der Waals surface area contributed by atoms with Gasteiger partial charge in [-0.15, -0.1) is 0 Å². The van der Waals surface area contributed by atoms with Gasteiger partial charge in [0.05, 0.1) is 25.7 Å². The number of halogens is 2. The largest absolute Gasteiger partial charge is 0.469 e. The highest BCUT2D eigenvalue weighted by molar-refractivity contribution is 14.1. The molecule has 0 saturated heterocycles. The number of hydrogen-bond acceptors (Lipinski definition) is 4. The molecule has 116 valence electrons. The van der Waals surface area contributed by atoms with Crippen molar-refractivity contribution >= 4 is 34.5 Å². The summed E-state index contributed by atoms with van der Waals surface area (Å²) >= 11 is 1.98. The van der Waals surface area contributed by atoms with Crippen molar-refractivity contribution in [2.24, 2.45) is 0 Å². The van der Waals surface area contributed by atoms with Crippen LogP contribution in [0.5, 0.6) is 0 Å². The van der Waals surface area contributed by atoms with Crippen molar-refractivity contribution in [2.45, 2.75) is 6.42 Å². The highest BCUT2D eigenvalue weighted by atomic mass is 127. The summed E-state index contributed by atoms with van der Waals surface area (Å²) in [5.74, 6) is -1.21. The maximum Gasteiger partial charge on any atom is 0.307 e. The van der Waals surface area contributed by atoms with Crippen molar-refractivity contribution in [2.75, 3.05) is 33.9 Å². The van der Waals surface area contributed by atoms with Crippen LogP contribution in [0.4, 0.5) is 4.39 Å². The zero-order chi connectivity index (χ0) is 15.8. The summed E-state index contributed by atoms with van der Waals surface area (Å²) in [6.45, 7) is 0.846. The molecule has 0 aromatic heterocycles. The molecule has 21 heavy (non-hydrogen) atoms. The van der Waals surface area contributed by atoms with Gasteiger partial charge in [-0.25, -0.2) is 4.39 Å². The first-order chi connectivity index (χ1) is 9.99. The average molecular weight is 409 g/mol. The molecule has 0 heterocycles. The Kier molecular flexibility index (Phi) is 7.58. The predicted molar refractivity (Wildman–Crippen MR) is 83.5 cm³/mol. The minimum absolute atomic E-state index is 0.0812. The fraction of sp³-hybridized carbons (Fsp3) is 0.429. The van der Waals surface area contributed by atoms with Crippen molar-refractivity contribution in [1.29, 1.82) is 0 Å². The van der Waals surface area contributed by atoms with Gasteiger partial charge in [0.15, 0.2) is 0 Å². The van der Waals surface area contributed by atoms with Gasteiger partial charge in [-0.1, -0.05) is 0 Å². The normalized spacial score (nSPS) is 10.3. The Balaban J connectivity index is 2.87. The van der Waals surface area contributed by atoms with Crippen molar-refractivity contribution in [1.82, 2.24) is 4.90 Å². The summed E-state index contributed by atoms with van der Waals surface area (Å²) in [6.07, 6.45) is 0.0812. The average Bonchev–Trinajstić information content (AvgIpc) is 2.48. The maximum absolute atomic E-state index is 13.3. The van der Waals surface area contributed by atoms with E-state index in [2.05, 4.69) is 4.74 Å². The summed E-state index contributed by atoms with van der Waals surface area (Å²) in [5.41, 5.74) is 0.275. The lowest BCUT2D eigenvalue weighted by Gasteiger charge is -2.22. The third-order valence-electron chi connectivity index (χ3n) is 2.82. The number of ether oxygens (including phenoxy) is 2. The number of hydrogen-bond donors (Lipinski definition) is 0. The Labute approximate surface area is 136 Å². The Morgan fingerprint density at radius 1 is 1.29 bits per heavy atom. The molecule has 0 aliphatic rings. The van der Waals surface area contributed by atoms with E-state index in [1.54, 1.807) is 0 Å². The van der Waals surface area contributed by atoms with Crippen LogP contribution in [0.15, 0.2) is 18.2 Å². The second-order valence-electron chi connectivity index (χ2n) is 4.24. The van der Waals surface area contributed by atoms with Crippen molar-refractivity contribution in [3.63, 3.8) is 0 Å². The molecule has 0 spiro atoms. The predicted octanol–water partition coefficient (Wildman–Crippen LogP) is 2.08. The Morgan fingerprint density at radius 3 is 2.62 bits per heavy atom. The lowest BCUT2D eigenvalue weighted by molar-refractivity contribution is -0.140. The van der Waals surface area contributed by atoms with Gasteiger partial charge in [0.2, 0.25) is 0 Å². The molecule has 0 atom stereocenters. The van der Waals surface area contributed by atoms with Crippen LogP contribution < -0.4 is 0 Å². The summed E-state index contributed by atoms with van der Waals surface area (Å²) in [6, 6.07) is 4.03. The van der Waals surface area contributed by atoms with E-state index in [0.29, 0.717) is 16.7 Å². The summed E-state index contributed by atoms with van der Waals surface area (Å²) in [5, 5.41) is 0. The van der Waals surface area contributed by atoms with E-state index in [1.807, 2.05) is 22.6 Å². The number of amides is 1. The van der Waals surface area contributed by atoms with Crippen molar-refractivity contribution < 1.29 is 23.5 Å². The Hall–Kier alpha value is -1.22. The summed E-state index contributed by atoms with van der Waals surface area (Å²) < 4.78 is 23.5. The molecule has 1 aromatic carbocycles. The number of carbonyl (C=O) groups is 2. The quantitative estimate of drug-likeness (QED) is 0.511. The van der Waals surface area contributed by atoms with Crippen LogP contribution in [-0.2, 0) is 14.3 Å². The molecule has 5 nitrogen and oxygen atoms in total. The fourth-order valence-electron chi connectivity index (χ4n) is 1.68. The topological polar surface area (TPSA) is 55.8 Å². The molecule has 7 heteroatoms. The third kappa shape index (κ3) is 5.58. The smallest absolute Gasteiger partial charge is 0.307 e. The van der Waals surface area contributed by atoms with Gasteiger partial charge in [-0.2, -0.15) is 0 Å². The number of rotatable bonds is 7. The van der Waals surface area contributed by atoms with E-state index in [9.17, 15) is 14.0 Å². The zero-order valence-electron chi connectivity index (χ0n) is 11.9. The van der Waals surface area contributed by atoms with E-state index in [0.717, 1.165) is 0 Å². The molecule has 0 N–H and O–H groups in total. The highest BCUT2D eigenvalue weighted by Crippen LogP contribution is 2.16. The molecule has 0 radical (unpaired) electrons. The van der Waals surface area contributed by atoms with Gasteiger partial charge < -0.3 is 14.4 Å². The summed E-state index contributed by atoms with van der Waals surface area (Å²) in [4.78, 5) is 25.1. The van der Waals surface area contributed by atoms with Gasteiger partial charge in [-0.05, 0) is 40.8 Å². The van der Waals surface area contributed by atoms with Crippen LogP contribution in [0.25, 0.3) is 0 Å². The molecular weight excluding hydrogens is 392 g/mol. The molecule has 0 saturated carbocycles. The van der Waals surface area contributed by atoms with E-state index < -0.39 is 11.8 Å². The van der Waals surface area contributed by atoms with Gasteiger partial charge in [0.25, 0.3) is 5.91 Å². The van der Waals surface area contributed by atoms with E-state index in [-0.39, 0.29) is 24.4 Å². The standard InChI is InChI=1S/C14H17FINO4/c1-20-8-7-17(6-5-13(18)21-2)14(19)11-9-10(15)3-4-12(11)16/h3-4,9H,5-8H2,1-2H3. The molecule has 0 bridgehead atoms. The minimum Gasteiger partial charge on any atom is -0.469 e. The first-order valence-corrected chi connectivity index (χ1v) is 7.37. The minimum atomic E-state index is -0.474. The zero-order valence-corrected chi connectivity index (χ0v) is 14.1. The number of benzene rings is 1. The van der Waals surface area contributed by atoms with Crippen LogP contribution in [-0.4, -0.2) is 50.7 Å². The summed E-state index contributed by atoms with van der Waals surface area (Å²) in [7, 11) is 2.81.